The van der Waals surface area contributed by atoms with Gasteiger partial charge in [-0.05, 0) is 0 Å². The van der Waals surface area contributed by atoms with Crippen LogP contribution >= 0.6 is 7.26 Å². The van der Waals surface area contributed by atoms with E-state index in [1.54, 1.807) is 6.16 Å². The van der Waals surface area contributed by atoms with Crippen LogP contribution in [0.4, 0.5) is 0 Å². The van der Waals surface area contributed by atoms with Gasteiger partial charge in [-0.15, -0.1) is 0 Å². The molecule has 1 heteroatoms. The van der Waals surface area contributed by atoms with Gasteiger partial charge in [0.1, 0.15) is 0 Å². The molecule has 0 aliphatic carbocycles. The molecule has 0 amide bonds. The van der Waals surface area contributed by atoms with Crippen molar-refractivity contribution in [3.05, 3.63) is 0 Å². The van der Waals surface area contributed by atoms with E-state index in [0.29, 0.717) is 0 Å². The second-order valence-corrected chi connectivity index (χ2v) is 12.6. The van der Waals surface area contributed by atoms with Crippen molar-refractivity contribution in [1.29, 1.82) is 0 Å². The molecular formula is C15H35P. The third-order valence-corrected chi connectivity index (χ3v) is 12.4. The SMILES string of the molecule is CCCCCC[PH](C(C)C)(C(C)C)C(C)C. The van der Waals surface area contributed by atoms with Crippen LogP contribution in [0.5, 0.6) is 0 Å². The van der Waals surface area contributed by atoms with E-state index in [0.717, 1.165) is 17.0 Å². The Kier molecular flexibility index (Phi) is 7.90. The number of rotatable bonds is 8. The first kappa shape index (κ1) is 16.4. The zero-order valence-electron chi connectivity index (χ0n) is 12.8. The Balaban J connectivity index is 4.52. The zero-order chi connectivity index (χ0) is 12.8. The number of hydrogen-bond donors (Lipinski definition) is 0. The van der Waals surface area contributed by atoms with E-state index in [4.69, 9.17) is 0 Å². The zero-order valence-corrected chi connectivity index (χ0v) is 13.8. The van der Waals surface area contributed by atoms with Gasteiger partial charge in [0.15, 0.2) is 0 Å². The summed E-state index contributed by atoms with van der Waals surface area (Å²) in [6.07, 6.45) is 7.28. The van der Waals surface area contributed by atoms with E-state index in [9.17, 15) is 0 Å². The fourth-order valence-electron chi connectivity index (χ4n) is 3.72. The fraction of sp³-hybridized carbons (Fsp3) is 1.00. The van der Waals surface area contributed by atoms with E-state index < -0.39 is 7.26 Å². The molecule has 0 radical (unpaired) electrons. The quantitative estimate of drug-likeness (QED) is 0.389. The Morgan fingerprint density at radius 2 is 1.12 bits per heavy atom. The summed E-state index contributed by atoms with van der Waals surface area (Å²) >= 11 is 0. The molecule has 0 N–H and O–H groups in total. The summed E-state index contributed by atoms with van der Waals surface area (Å²) in [5, 5.41) is 0. The van der Waals surface area contributed by atoms with Crippen LogP contribution in [0, 0.1) is 0 Å². The first-order valence-electron chi connectivity index (χ1n) is 7.39. The molecule has 0 bridgehead atoms. The molecular weight excluding hydrogens is 211 g/mol. The Morgan fingerprint density at radius 1 is 0.688 bits per heavy atom. The van der Waals surface area contributed by atoms with Crippen LogP contribution in [0.25, 0.3) is 0 Å². The molecule has 0 saturated heterocycles. The maximum absolute atomic E-state index is 2.48. The van der Waals surface area contributed by atoms with Crippen LogP contribution in [-0.4, -0.2) is 23.1 Å². The summed E-state index contributed by atoms with van der Waals surface area (Å²) in [5.41, 5.74) is 2.82. The molecule has 0 fully saturated rings. The maximum atomic E-state index is 2.48. The molecule has 0 rings (SSSR count). The van der Waals surface area contributed by atoms with E-state index in [1.165, 1.54) is 25.7 Å². The van der Waals surface area contributed by atoms with Crippen LogP contribution in [-0.2, 0) is 0 Å². The molecule has 0 aliphatic rings. The Hall–Kier alpha value is 0.430. The fourth-order valence-corrected chi connectivity index (χ4v) is 10.3. The molecule has 0 aromatic rings. The summed E-state index contributed by atoms with van der Waals surface area (Å²) in [6.45, 7) is 17.2. The van der Waals surface area contributed by atoms with Gasteiger partial charge in [-0.2, -0.15) is 0 Å². The molecule has 0 aromatic carbocycles. The molecule has 0 unspecified atom stereocenters. The standard InChI is InChI=1S/C15H35P/c1-8-9-10-11-12-16(13(2)3,14(4)5)15(6)7/h13-16H,8-12H2,1-7H3. The Morgan fingerprint density at radius 3 is 1.44 bits per heavy atom. The van der Waals surface area contributed by atoms with Crippen molar-refractivity contribution < 1.29 is 0 Å². The summed E-state index contributed by atoms with van der Waals surface area (Å²) in [5.74, 6) is 0. The van der Waals surface area contributed by atoms with E-state index in [-0.39, 0.29) is 0 Å². The van der Waals surface area contributed by atoms with Crippen LogP contribution in [0.15, 0.2) is 0 Å². The van der Waals surface area contributed by atoms with Crippen molar-refractivity contribution >= 4 is 7.26 Å². The van der Waals surface area contributed by atoms with Crippen molar-refractivity contribution in [2.45, 2.75) is 91.1 Å². The van der Waals surface area contributed by atoms with Gasteiger partial charge in [-0.3, -0.25) is 0 Å². The first-order chi connectivity index (χ1) is 7.39. The van der Waals surface area contributed by atoms with Gasteiger partial charge in [0, 0.05) is 0 Å². The van der Waals surface area contributed by atoms with Crippen LogP contribution < -0.4 is 0 Å². The van der Waals surface area contributed by atoms with Gasteiger partial charge in [-0.25, -0.2) is 0 Å². The topological polar surface area (TPSA) is 0 Å². The molecule has 0 spiro atoms. The summed E-state index contributed by atoms with van der Waals surface area (Å²) in [7, 11) is -1.08. The monoisotopic (exact) mass is 246 g/mol. The van der Waals surface area contributed by atoms with Crippen molar-refractivity contribution in [1.82, 2.24) is 0 Å². The van der Waals surface area contributed by atoms with Crippen molar-refractivity contribution in [3.8, 4) is 0 Å². The van der Waals surface area contributed by atoms with Crippen molar-refractivity contribution in [2.24, 2.45) is 0 Å². The van der Waals surface area contributed by atoms with E-state index in [1.807, 2.05) is 0 Å². The minimum atomic E-state index is -1.08. The number of hydrogen-bond acceptors (Lipinski definition) is 0. The van der Waals surface area contributed by atoms with Crippen LogP contribution in [0.2, 0.25) is 0 Å². The van der Waals surface area contributed by atoms with Gasteiger partial charge in [0.2, 0.25) is 0 Å². The van der Waals surface area contributed by atoms with E-state index in [2.05, 4.69) is 48.5 Å². The van der Waals surface area contributed by atoms with Crippen molar-refractivity contribution in [2.75, 3.05) is 6.16 Å². The molecule has 0 saturated carbocycles. The third-order valence-electron chi connectivity index (χ3n) is 4.69. The molecule has 0 nitrogen and oxygen atoms in total. The van der Waals surface area contributed by atoms with Crippen LogP contribution in [0.1, 0.15) is 74.1 Å². The molecule has 0 aromatic heterocycles. The van der Waals surface area contributed by atoms with Gasteiger partial charge in [0.05, 0.1) is 0 Å². The minimum absolute atomic E-state index is 0.939. The Labute approximate surface area is 105 Å². The first-order valence-corrected chi connectivity index (χ1v) is 9.83. The molecule has 16 heavy (non-hydrogen) atoms. The molecule has 0 aliphatic heterocycles. The number of unbranched alkanes of at least 4 members (excludes halogenated alkanes) is 3. The average molecular weight is 246 g/mol. The summed E-state index contributed by atoms with van der Waals surface area (Å²) < 4.78 is 0. The van der Waals surface area contributed by atoms with E-state index >= 15 is 0 Å². The summed E-state index contributed by atoms with van der Waals surface area (Å²) in [4.78, 5) is 0. The normalized spacial score (nSPS) is 14.1. The molecule has 0 heterocycles. The van der Waals surface area contributed by atoms with Crippen molar-refractivity contribution in [3.63, 3.8) is 0 Å². The van der Waals surface area contributed by atoms with Crippen LogP contribution in [0.3, 0.4) is 0 Å². The average Bonchev–Trinajstić information content (AvgIpc) is 2.16. The second-order valence-electron chi connectivity index (χ2n) is 6.39. The Bertz CT molecular complexity index is 148. The predicted molar refractivity (Wildman–Crippen MR) is 82.7 cm³/mol. The van der Waals surface area contributed by atoms with Gasteiger partial charge < -0.3 is 0 Å². The second kappa shape index (κ2) is 7.70. The molecule has 0 atom stereocenters. The predicted octanol–water partition coefficient (Wildman–Crippen LogP) is 5.54. The molecule has 100 valence electrons. The summed E-state index contributed by atoms with van der Waals surface area (Å²) in [6, 6.07) is 0. The van der Waals surface area contributed by atoms with Gasteiger partial charge >= 0.3 is 105 Å². The van der Waals surface area contributed by atoms with Gasteiger partial charge in [0.25, 0.3) is 0 Å². The van der Waals surface area contributed by atoms with Gasteiger partial charge in [-0.1, -0.05) is 0 Å². The third kappa shape index (κ3) is 4.02.